The van der Waals surface area contributed by atoms with Crippen LogP contribution in [0.5, 0.6) is 0 Å². The van der Waals surface area contributed by atoms with Crippen molar-refractivity contribution >= 4 is 17.1 Å². The number of hydrogen-bond acceptors (Lipinski definition) is 6. The Bertz CT molecular complexity index is 947. The Labute approximate surface area is 146 Å². The molecule has 0 aliphatic heterocycles. The number of anilines is 1. The van der Waals surface area contributed by atoms with Crippen molar-refractivity contribution in [2.75, 3.05) is 5.32 Å². The molecule has 0 aliphatic rings. The fourth-order valence-corrected chi connectivity index (χ4v) is 1.97. The summed E-state index contributed by atoms with van der Waals surface area (Å²) in [6.45, 7) is 3.90. The van der Waals surface area contributed by atoms with E-state index >= 15 is 0 Å². The number of azo groups is 1. The summed E-state index contributed by atoms with van der Waals surface area (Å²) in [5.41, 5.74) is 3.37. The molecule has 120 valence electrons. The second kappa shape index (κ2) is 8.06. The van der Waals surface area contributed by atoms with Crippen molar-refractivity contribution in [1.29, 1.82) is 15.8 Å². The minimum Gasteiger partial charge on any atom is -0.343 e. The van der Waals surface area contributed by atoms with Gasteiger partial charge in [0.05, 0.1) is 11.4 Å². The molecule has 0 heterocycles. The minimum atomic E-state index is -0.288. The van der Waals surface area contributed by atoms with Crippen LogP contribution in [0.25, 0.3) is 0 Å². The third-order valence-electron chi connectivity index (χ3n) is 3.31. The Balaban J connectivity index is 2.40. The molecule has 0 spiro atoms. The van der Waals surface area contributed by atoms with Gasteiger partial charge in [0, 0.05) is 0 Å². The zero-order chi connectivity index (χ0) is 18.2. The van der Waals surface area contributed by atoms with Gasteiger partial charge in [0.1, 0.15) is 29.6 Å². The summed E-state index contributed by atoms with van der Waals surface area (Å²) < 4.78 is 0. The Hall–Kier alpha value is -3.95. The molecule has 0 fully saturated rings. The van der Waals surface area contributed by atoms with E-state index in [0.717, 1.165) is 11.1 Å². The van der Waals surface area contributed by atoms with Gasteiger partial charge in [0.25, 0.3) is 0 Å². The number of nitrogens with one attached hydrogen (secondary N) is 1. The van der Waals surface area contributed by atoms with Gasteiger partial charge >= 0.3 is 0 Å². The molecule has 0 saturated heterocycles. The molecule has 0 atom stereocenters. The molecule has 6 nitrogen and oxygen atoms in total. The smallest absolute Gasteiger partial charge is 0.163 e. The van der Waals surface area contributed by atoms with E-state index in [1.165, 1.54) is 0 Å². The van der Waals surface area contributed by atoms with Crippen LogP contribution in [0, 0.1) is 47.8 Å². The lowest BCUT2D eigenvalue weighted by atomic mass is 10.1. The molecule has 6 heteroatoms. The van der Waals surface area contributed by atoms with Crippen LogP contribution >= 0.6 is 0 Å². The maximum atomic E-state index is 9.17. The molecule has 1 N–H and O–H groups in total. The van der Waals surface area contributed by atoms with E-state index in [-0.39, 0.29) is 11.3 Å². The third kappa shape index (κ3) is 4.51. The van der Waals surface area contributed by atoms with E-state index in [1.54, 1.807) is 24.3 Å². The first-order chi connectivity index (χ1) is 12.1. The molecule has 0 aliphatic carbocycles. The van der Waals surface area contributed by atoms with Gasteiger partial charge in [0.15, 0.2) is 5.57 Å². The first-order valence-electron chi connectivity index (χ1n) is 7.38. The summed E-state index contributed by atoms with van der Waals surface area (Å²) >= 11 is 0. The van der Waals surface area contributed by atoms with Gasteiger partial charge in [0.2, 0.25) is 0 Å². The number of allylic oxidation sites excluding steroid dienone is 2. The standard InChI is InChI=1S/C19H14N6/c1-13-3-6-16(7-4-13)24-25-18-9-14(2)5-8-17(18)23-19(12-22)15(10-20)11-21/h3-9,23H,1-2H3. The van der Waals surface area contributed by atoms with Gasteiger partial charge in [-0.15, -0.1) is 5.11 Å². The monoisotopic (exact) mass is 326 g/mol. The summed E-state index contributed by atoms with van der Waals surface area (Å²) in [4.78, 5) is 0. The molecule has 0 amide bonds. The lowest BCUT2D eigenvalue weighted by molar-refractivity contribution is 1.22. The molecule has 0 bridgehead atoms. The fraction of sp³-hybridized carbons (Fsp3) is 0.105. The summed E-state index contributed by atoms with van der Waals surface area (Å²) in [5.74, 6) is 0. The van der Waals surface area contributed by atoms with Crippen LogP contribution in [-0.4, -0.2) is 0 Å². The second-order valence-corrected chi connectivity index (χ2v) is 5.27. The minimum absolute atomic E-state index is 0.124. The van der Waals surface area contributed by atoms with E-state index < -0.39 is 0 Å². The van der Waals surface area contributed by atoms with Crippen molar-refractivity contribution in [2.24, 2.45) is 10.2 Å². The lowest BCUT2D eigenvalue weighted by Crippen LogP contribution is -2.01. The van der Waals surface area contributed by atoms with Gasteiger partial charge in [-0.2, -0.15) is 20.9 Å². The molecule has 0 saturated carbocycles. The predicted molar refractivity (Wildman–Crippen MR) is 94.0 cm³/mol. The van der Waals surface area contributed by atoms with Crippen molar-refractivity contribution in [2.45, 2.75) is 13.8 Å². The molecule has 0 unspecified atom stereocenters. The number of aryl methyl sites for hydroxylation is 2. The number of rotatable bonds is 4. The van der Waals surface area contributed by atoms with Crippen molar-refractivity contribution in [3.8, 4) is 18.2 Å². The molecular weight excluding hydrogens is 312 g/mol. The van der Waals surface area contributed by atoms with Crippen LogP contribution < -0.4 is 5.32 Å². The Morgan fingerprint density at radius 2 is 1.48 bits per heavy atom. The van der Waals surface area contributed by atoms with Crippen LogP contribution in [0.15, 0.2) is 64.0 Å². The topological polar surface area (TPSA) is 108 Å². The Morgan fingerprint density at radius 1 is 0.840 bits per heavy atom. The number of nitrogens with zero attached hydrogens (tertiary/aromatic N) is 5. The molecular formula is C19H14N6. The lowest BCUT2D eigenvalue weighted by Gasteiger charge is -2.08. The van der Waals surface area contributed by atoms with E-state index in [2.05, 4.69) is 15.5 Å². The quantitative estimate of drug-likeness (QED) is 0.633. The maximum Gasteiger partial charge on any atom is 0.163 e. The van der Waals surface area contributed by atoms with E-state index in [0.29, 0.717) is 17.1 Å². The van der Waals surface area contributed by atoms with Gasteiger partial charge in [-0.05, 0) is 43.7 Å². The summed E-state index contributed by atoms with van der Waals surface area (Å²) in [7, 11) is 0. The maximum absolute atomic E-state index is 9.17. The molecule has 0 radical (unpaired) electrons. The average Bonchev–Trinajstić information content (AvgIpc) is 2.62. The average molecular weight is 326 g/mol. The van der Waals surface area contributed by atoms with Crippen LogP contribution in [0.3, 0.4) is 0 Å². The summed E-state index contributed by atoms with van der Waals surface area (Å²) in [6.07, 6.45) is 0. The van der Waals surface area contributed by atoms with E-state index in [1.807, 2.05) is 50.2 Å². The highest BCUT2D eigenvalue weighted by Gasteiger charge is 2.09. The van der Waals surface area contributed by atoms with Gasteiger partial charge < -0.3 is 5.32 Å². The van der Waals surface area contributed by atoms with Gasteiger partial charge in [-0.3, -0.25) is 0 Å². The van der Waals surface area contributed by atoms with Crippen molar-refractivity contribution < 1.29 is 0 Å². The summed E-state index contributed by atoms with van der Waals surface area (Å²) in [6, 6.07) is 18.2. The Kier molecular flexibility index (Phi) is 5.61. The first-order valence-corrected chi connectivity index (χ1v) is 7.38. The number of benzene rings is 2. The molecule has 25 heavy (non-hydrogen) atoms. The van der Waals surface area contributed by atoms with E-state index in [4.69, 9.17) is 10.5 Å². The summed E-state index contributed by atoms with van der Waals surface area (Å²) in [5, 5.41) is 38.2. The highest BCUT2D eigenvalue weighted by Crippen LogP contribution is 2.29. The second-order valence-electron chi connectivity index (χ2n) is 5.27. The van der Waals surface area contributed by atoms with Crippen molar-refractivity contribution in [1.82, 2.24) is 0 Å². The molecule has 2 aromatic rings. The van der Waals surface area contributed by atoms with E-state index in [9.17, 15) is 5.26 Å². The molecule has 0 aromatic heterocycles. The zero-order valence-electron chi connectivity index (χ0n) is 13.8. The first kappa shape index (κ1) is 17.4. The Morgan fingerprint density at radius 3 is 2.08 bits per heavy atom. The SMILES string of the molecule is Cc1ccc(N=Nc2cc(C)ccc2NC(C#N)=C(C#N)C#N)cc1. The van der Waals surface area contributed by atoms with Crippen LogP contribution in [-0.2, 0) is 0 Å². The zero-order valence-corrected chi connectivity index (χ0v) is 13.8. The fourth-order valence-electron chi connectivity index (χ4n) is 1.97. The third-order valence-corrected chi connectivity index (χ3v) is 3.31. The number of hydrogen-bond donors (Lipinski definition) is 1. The van der Waals surface area contributed by atoms with Gasteiger partial charge in [-0.25, -0.2) is 0 Å². The highest BCUT2D eigenvalue weighted by atomic mass is 15.1. The van der Waals surface area contributed by atoms with Gasteiger partial charge in [-0.1, -0.05) is 23.8 Å². The highest BCUT2D eigenvalue weighted by molar-refractivity contribution is 5.71. The molecule has 2 rings (SSSR count). The van der Waals surface area contributed by atoms with Crippen molar-refractivity contribution in [3.63, 3.8) is 0 Å². The predicted octanol–water partition coefficient (Wildman–Crippen LogP) is 4.96. The normalized spacial score (nSPS) is 9.72. The largest absolute Gasteiger partial charge is 0.343 e. The molecule has 2 aromatic carbocycles. The van der Waals surface area contributed by atoms with Crippen LogP contribution in [0.2, 0.25) is 0 Å². The van der Waals surface area contributed by atoms with Crippen LogP contribution in [0.1, 0.15) is 11.1 Å². The number of nitriles is 3. The van der Waals surface area contributed by atoms with Crippen molar-refractivity contribution in [3.05, 3.63) is 64.9 Å². The van der Waals surface area contributed by atoms with Crippen LogP contribution in [0.4, 0.5) is 17.1 Å².